The fourth-order valence-corrected chi connectivity index (χ4v) is 3.85. The number of hydrogen-bond acceptors (Lipinski definition) is 5. The van der Waals surface area contributed by atoms with Crippen LogP contribution in [0.5, 0.6) is 0 Å². The molecule has 0 N–H and O–H groups in total. The molecule has 1 aliphatic rings. The van der Waals surface area contributed by atoms with Crippen molar-refractivity contribution in [1.82, 2.24) is 25.1 Å². The Hall–Kier alpha value is -2.73. The Labute approximate surface area is 160 Å². The summed E-state index contributed by atoms with van der Waals surface area (Å²) in [6.45, 7) is 7.03. The van der Waals surface area contributed by atoms with Crippen molar-refractivity contribution in [3.63, 3.8) is 0 Å². The molecule has 2 aromatic carbocycles. The number of nitrogens with zero attached hydrogens (tertiary/aromatic N) is 6. The summed E-state index contributed by atoms with van der Waals surface area (Å²) in [6, 6.07) is 21.3. The molecule has 0 spiro atoms. The molecule has 0 aliphatic carbocycles. The Morgan fingerprint density at radius 3 is 2.22 bits per heavy atom. The summed E-state index contributed by atoms with van der Waals surface area (Å²) in [5, 5.41) is 12.6. The summed E-state index contributed by atoms with van der Waals surface area (Å²) in [6.07, 6.45) is 1.00. The third-order valence-corrected chi connectivity index (χ3v) is 5.30. The highest BCUT2D eigenvalue weighted by Crippen LogP contribution is 2.25. The molecule has 2 heterocycles. The van der Waals surface area contributed by atoms with Gasteiger partial charge in [-0.15, -0.1) is 5.10 Å². The van der Waals surface area contributed by atoms with Gasteiger partial charge in [-0.25, -0.2) is 4.68 Å². The molecule has 0 amide bonds. The lowest BCUT2D eigenvalue weighted by Crippen LogP contribution is -2.48. The summed E-state index contributed by atoms with van der Waals surface area (Å²) in [5.74, 6) is 0.967. The monoisotopic (exact) mass is 362 g/mol. The molecule has 140 valence electrons. The van der Waals surface area contributed by atoms with Crippen molar-refractivity contribution in [1.29, 1.82) is 0 Å². The van der Waals surface area contributed by atoms with Gasteiger partial charge in [-0.3, -0.25) is 4.90 Å². The van der Waals surface area contributed by atoms with Gasteiger partial charge < -0.3 is 4.90 Å². The molecular formula is C21H26N6. The average molecular weight is 362 g/mol. The Kier molecular flexibility index (Phi) is 5.44. The number of piperazine rings is 1. The number of anilines is 1. The standard InChI is InChI=1S/C21H26N6/c1-2-20(21-22-23-24-27(21)17-18-9-5-3-6-10-18)26-15-13-25(14-16-26)19-11-7-4-8-12-19/h3-12,20H,2,13-17H2,1H3/t20-/m1/s1. The second-order valence-corrected chi connectivity index (χ2v) is 6.96. The maximum atomic E-state index is 4.38. The summed E-state index contributed by atoms with van der Waals surface area (Å²) in [5.41, 5.74) is 2.52. The van der Waals surface area contributed by atoms with Crippen LogP contribution in [0, 0.1) is 0 Å². The van der Waals surface area contributed by atoms with E-state index in [1.54, 1.807) is 0 Å². The Morgan fingerprint density at radius 2 is 1.56 bits per heavy atom. The molecule has 0 bridgehead atoms. The first-order valence-corrected chi connectivity index (χ1v) is 9.69. The van der Waals surface area contributed by atoms with Crippen LogP contribution in [0.15, 0.2) is 60.7 Å². The number of tetrazole rings is 1. The van der Waals surface area contributed by atoms with Crippen LogP contribution in [-0.2, 0) is 6.54 Å². The van der Waals surface area contributed by atoms with Crippen molar-refractivity contribution in [3.05, 3.63) is 72.1 Å². The predicted octanol–water partition coefficient (Wildman–Crippen LogP) is 2.99. The van der Waals surface area contributed by atoms with Gasteiger partial charge in [0.25, 0.3) is 0 Å². The molecular weight excluding hydrogens is 336 g/mol. The molecule has 3 aromatic rings. The summed E-state index contributed by atoms with van der Waals surface area (Å²) in [7, 11) is 0. The van der Waals surface area contributed by atoms with Crippen molar-refractivity contribution >= 4 is 5.69 Å². The number of hydrogen-bond donors (Lipinski definition) is 0. The zero-order valence-electron chi connectivity index (χ0n) is 15.8. The van der Waals surface area contributed by atoms with E-state index >= 15 is 0 Å². The van der Waals surface area contributed by atoms with Crippen LogP contribution < -0.4 is 4.90 Å². The second-order valence-electron chi connectivity index (χ2n) is 6.96. The first-order chi connectivity index (χ1) is 13.3. The van der Waals surface area contributed by atoms with E-state index in [0.29, 0.717) is 6.54 Å². The highest BCUT2D eigenvalue weighted by atomic mass is 15.6. The summed E-state index contributed by atoms with van der Waals surface area (Å²) in [4.78, 5) is 4.97. The van der Waals surface area contributed by atoms with Crippen LogP contribution in [0.2, 0.25) is 0 Å². The van der Waals surface area contributed by atoms with Crippen molar-refractivity contribution in [2.24, 2.45) is 0 Å². The minimum Gasteiger partial charge on any atom is -0.369 e. The van der Waals surface area contributed by atoms with E-state index in [0.717, 1.165) is 38.4 Å². The first kappa shape index (κ1) is 17.7. The van der Waals surface area contributed by atoms with Crippen LogP contribution in [0.25, 0.3) is 0 Å². The Morgan fingerprint density at radius 1 is 0.889 bits per heavy atom. The molecule has 1 fully saturated rings. The lowest BCUT2D eigenvalue weighted by molar-refractivity contribution is 0.169. The van der Waals surface area contributed by atoms with Gasteiger partial charge in [-0.2, -0.15) is 0 Å². The fourth-order valence-electron chi connectivity index (χ4n) is 3.85. The van der Waals surface area contributed by atoms with Gasteiger partial charge >= 0.3 is 0 Å². The molecule has 6 heteroatoms. The third kappa shape index (κ3) is 4.01. The van der Waals surface area contributed by atoms with E-state index in [9.17, 15) is 0 Å². The van der Waals surface area contributed by atoms with Crippen molar-refractivity contribution in [3.8, 4) is 0 Å². The van der Waals surface area contributed by atoms with Crippen LogP contribution in [0.1, 0.15) is 30.8 Å². The van der Waals surface area contributed by atoms with Crippen molar-refractivity contribution in [2.75, 3.05) is 31.1 Å². The molecule has 1 aromatic heterocycles. The Bertz CT molecular complexity index is 824. The zero-order chi connectivity index (χ0) is 18.5. The van der Waals surface area contributed by atoms with Gasteiger partial charge in [0.05, 0.1) is 12.6 Å². The summed E-state index contributed by atoms with van der Waals surface area (Å²) < 4.78 is 1.95. The second kappa shape index (κ2) is 8.31. The molecule has 4 rings (SSSR count). The van der Waals surface area contributed by atoms with E-state index in [1.165, 1.54) is 11.3 Å². The molecule has 0 unspecified atom stereocenters. The SMILES string of the molecule is CC[C@H](c1nnnn1Cc1ccccc1)N1CCN(c2ccccc2)CC1. The molecule has 1 atom stereocenters. The van der Waals surface area contributed by atoms with Gasteiger partial charge in [-0.05, 0) is 34.5 Å². The highest BCUT2D eigenvalue weighted by molar-refractivity contribution is 5.46. The summed E-state index contributed by atoms with van der Waals surface area (Å²) >= 11 is 0. The molecule has 27 heavy (non-hydrogen) atoms. The predicted molar refractivity (Wildman–Crippen MR) is 107 cm³/mol. The van der Waals surface area contributed by atoms with Gasteiger partial charge in [0.1, 0.15) is 0 Å². The van der Waals surface area contributed by atoms with Crippen LogP contribution in [0.4, 0.5) is 5.69 Å². The minimum absolute atomic E-state index is 0.252. The minimum atomic E-state index is 0.252. The Balaban J connectivity index is 1.45. The normalized spacial score (nSPS) is 16.4. The number of para-hydroxylation sites is 1. The van der Waals surface area contributed by atoms with Gasteiger partial charge in [0.15, 0.2) is 5.82 Å². The van der Waals surface area contributed by atoms with Gasteiger partial charge in [0.2, 0.25) is 0 Å². The lowest BCUT2D eigenvalue weighted by Gasteiger charge is -2.39. The maximum Gasteiger partial charge on any atom is 0.168 e. The lowest BCUT2D eigenvalue weighted by atomic mass is 10.1. The van der Waals surface area contributed by atoms with E-state index in [-0.39, 0.29) is 6.04 Å². The quantitative estimate of drug-likeness (QED) is 0.675. The molecule has 1 saturated heterocycles. The number of aromatic nitrogens is 4. The van der Waals surface area contributed by atoms with E-state index in [2.05, 4.69) is 86.8 Å². The topological polar surface area (TPSA) is 50.1 Å². The van der Waals surface area contributed by atoms with Crippen LogP contribution in [-0.4, -0.2) is 51.3 Å². The van der Waals surface area contributed by atoms with Crippen LogP contribution >= 0.6 is 0 Å². The largest absolute Gasteiger partial charge is 0.369 e. The number of benzene rings is 2. The maximum absolute atomic E-state index is 4.38. The van der Waals surface area contributed by atoms with E-state index in [1.807, 2.05) is 10.7 Å². The molecule has 0 saturated carbocycles. The van der Waals surface area contributed by atoms with E-state index in [4.69, 9.17) is 0 Å². The van der Waals surface area contributed by atoms with Crippen LogP contribution in [0.3, 0.4) is 0 Å². The van der Waals surface area contributed by atoms with Crippen molar-refractivity contribution < 1.29 is 0 Å². The van der Waals surface area contributed by atoms with Gasteiger partial charge in [-0.1, -0.05) is 55.5 Å². The highest BCUT2D eigenvalue weighted by Gasteiger charge is 2.28. The first-order valence-electron chi connectivity index (χ1n) is 9.69. The third-order valence-electron chi connectivity index (χ3n) is 5.30. The average Bonchev–Trinajstić information content (AvgIpc) is 3.18. The molecule has 0 radical (unpaired) electrons. The molecule has 6 nitrogen and oxygen atoms in total. The smallest absolute Gasteiger partial charge is 0.168 e. The van der Waals surface area contributed by atoms with Gasteiger partial charge in [0, 0.05) is 31.9 Å². The fraction of sp³-hybridized carbons (Fsp3) is 0.381. The number of rotatable bonds is 6. The van der Waals surface area contributed by atoms with Crippen molar-refractivity contribution in [2.45, 2.75) is 25.9 Å². The zero-order valence-corrected chi connectivity index (χ0v) is 15.8. The molecule has 1 aliphatic heterocycles. The van der Waals surface area contributed by atoms with E-state index < -0.39 is 0 Å².